The van der Waals surface area contributed by atoms with Gasteiger partial charge in [-0.1, -0.05) is 0 Å². The lowest BCUT2D eigenvalue weighted by atomic mass is 9.90. The van der Waals surface area contributed by atoms with Crippen LogP contribution in [0, 0.1) is 17.6 Å². The number of halogens is 2. The number of aryl methyl sites for hydroxylation is 1. The van der Waals surface area contributed by atoms with Gasteiger partial charge in [0.2, 0.25) is 0 Å². The zero-order valence-corrected chi connectivity index (χ0v) is 14.0. The summed E-state index contributed by atoms with van der Waals surface area (Å²) in [6.07, 6.45) is 8.09. The van der Waals surface area contributed by atoms with E-state index in [-0.39, 0.29) is 0 Å². The van der Waals surface area contributed by atoms with Crippen molar-refractivity contribution >= 4 is 11.0 Å². The number of nitrogens with one attached hydrogen (secondary N) is 2. The summed E-state index contributed by atoms with van der Waals surface area (Å²) >= 11 is 0. The number of hydrogen-bond donors (Lipinski definition) is 2. The highest BCUT2D eigenvalue weighted by Crippen LogP contribution is 2.32. The molecule has 3 nitrogen and oxygen atoms in total. The molecule has 3 aromatic rings. The van der Waals surface area contributed by atoms with Crippen LogP contribution in [-0.2, 0) is 6.42 Å². The Labute approximate surface area is 145 Å². The summed E-state index contributed by atoms with van der Waals surface area (Å²) in [7, 11) is 0. The van der Waals surface area contributed by atoms with Crippen LogP contribution in [-0.4, -0.2) is 23.1 Å². The van der Waals surface area contributed by atoms with Gasteiger partial charge in [0.15, 0.2) is 0 Å². The van der Waals surface area contributed by atoms with Crippen molar-refractivity contribution in [2.45, 2.75) is 25.7 Å². The van der Waals surface area contributed by atoms with Crippen molar-refractivity contribution in [1.29, 1.82) is 0 Å². The van der Waals surface area contributed by atoms with Crippen LogP contribution < -0.4 is 5.32 Å². The minimum atomic E-state index is -0.565. The fraction of sp³-hybridized carbons (Fsp3) is 0.350. The van der Waals surface area contributed by atoms with E-state index in [0.717, 1.165) is 54.5 Å². The average Bonchev–Trinajstić information content (AvgIpc) is 3.05. The Morgan fingerprint density at radius 3 is 2.60 bits per heavy atom. The van der Waals surface area contributed by atoms with E-state index in [1.807, 2.05) is 6.07 Å². The van der Waals surface area contributed by atoms with Crippen LogP contribution in [0.1, 0.15) is 24.8 Å². The molecule has 0 bridgehead atoms. The number of aromatic nitrogens is 2. The number of aromatic amines is 1. The lowest BCUT2D eigenvalue weighted by molar-refractivity contribution is 0.354. The van der Waals surface area contributed by atoms with Gasteiger partial charge in [0.25, 0.3) is 0 Å². The Bertz CT molecular complexity index is 862. The number of piperidine rings is 1. The van der Waals surface area contributed by atoms with E-state index in [1.54, 1.807) is 12.4 Å². The first-order valence-electron chi connectivity index (χ1n) is 8.83. The van der Waals surface area contributed by atoms with Crippen molar-refractivity contribution in [3.63, 3.8) is 0 Å². The number of benzene rings is 1. The number of pyridine rings is 1. The SMILES string of the molecule is Fc1cc(F)cc(-c2c[nH]c3nccc(CCC4CCNCC4)c23)c1. The molecule has 4 rings (SSSR count). The topological polar surface area (TPSA) is 40.7 Å². The van der Waals surface area contributed by atoms with E-state index in [9.17, 15) is 8.78 Å². The summed E-state index contributed by atoms with van der Waals surface area (Å²) in [5, 5.41) is 4.37. The van der Waals surface area contributed by atoms with Gasteiger partial charge in [0.05, 0.1) is 0 Å². The Morgan fingerprint density at radius 1 is 1.08 bits per heavy atom. The third kappa shape index (κ3) is 3.42. The van der Waals surface area contributed by atoms with Crippen molar-refractivity contribution in [3.05, 3.63) is 53.9 Å². The number of rotatable bonds is 4. The minimum Gasteiger partial charge on any atom is -0.346 e. The normalized spacial score (nSPS) is 15.8. The first-order chi connectivity index (χ1) is 12.2. The lowest BCUT2D eigenvalue weighted by Crippen LogP contribution is -2.27. The summed E-state index contributed by atoms with van der Waals surface area (Å²) in [5.41, 5.74) is 3.30. The molecule has 130 valence electrons. The van der Waals surface area contributed by atoms with Gasteiger partial charge in [0, 0.05) is 29.4 Å². The third-order valence-electron chi connectivity index (χ3n) is 5.11. The number of fused-ring (bicyclic) bond motifs is 1. The van der Waals surface area contributed by atoms with E-state index >= 15 is 0 Å². The largest absolute Gasteiger partial charge is 0.346 e. The lowest BCUT2D eigenvalue weighted by Gasteiger charge is -2.22. The molecule has 0 atom stereocenters. The third-order valence-corrected chi connectivity index (χ3v) is 5.11. The summed E-state index contributed by atoms with van der Waals surface area (Å²) < 4.78 is 27.3. The molecule has 0 amide bonds. The molecule has 2 aromatic heterocycles. The predicted octanol–water partition coefficient (Wildman–Crippen LogP) is 4.44. The van der Waals surface area contributed by atoms with Gasteiger partial charge in [-0.15, -0.1) is 0 Å². The molecule has 1 aromatic carbocycles. The van der Waals surface area contributed by atoms with E-state index in [1.165, 1.54) is 30.5 Å². The molecule has 1 saturated heterocycles. The first kappa shape index (κ1) is 16.2. The average molecular weight is 341 g/mol. The molecule has 1 aliphatic rings. The van der Waals surface area contributed by atoms with Gasteiger partial charge >= 0.3 is 0 Å². The van der Waals surface area contributed by atoms with Crippen LogP contribution in [0.4, 0.5) is 8.78 Å². The van der Waals surface area contributed by atoms with E-state index in [4.69, 9.17) is 0 Å². The van der Waals surface area contributed by atoms with Gasteiger partial charge in [-0.05, 0) is 74.0 Å². The molecule has 1 aliphatic heterocycles. The van der Waals surface area contributed by atoms with E-state index < -0.39 is 11.6 Å². The number of hydrogen-bond acceptors (Lipinski definition) is 2. The van der Waals surface area contributed by atoms with E-state index in [0.29, 0.717) is 5.56 Å². The van der Waals surface area contributed by atoms with Crippen molar-refractivity contribution < 1.29 is 8.78 Å². The van der Waals surface area contributed by atoms with Crippen LogP contribution in [0.5, 0.6) is 0 Å². The summed E-state index contributed by atoms with van der Waals surface area (Å²) in [4.78, 5) is 7.51. The second-order valence-electron chi connectivity index (χ2n) is 6.79. The highest BCUT2D eigenvalue weighted by molar-refractivity contribution is 5.96. The van der Waals surface area contributed by atoms with Crippen molar-refractivity contribution in [2.24, 2.45) is 5.92 Å². The van der Waals surface area contributed by atoms with Gasteiger partial charge < -0.3 is 10.3 Å². The summed E-state index contributed by atoms with van der Waals surface area (Å²) in [5.74, 6) is -0.396. The molecule has 0 radical (unpaired) electrons. The highest BCUT2D eigenvalue weighted by atomic mass is 19.1. The predicted molar refractivity (Wildman–Crippen MR) is 95.4 cm³/mol. The first-order valence-corrected chi connectivity index (χ1v) is 8.83. The second kappa shape index (κ2) is 6.92. The Kier molecular flexibility index (Phi) is 4.49. The van der Waals surface area contributed by atoms with Crippen LogP contribution >= 0.6 is 0 Å². The number of nitrogens with zero attached hydrogens (tertiary/aromatic N) is 1. The van der Waals surface area contributed by atoms with Gasteiger partial charge in [-0.25, -0.2) is 13.8 Å². The molecule has 0 aliphatic carbocycles. The minimum absolute atomic E-state index is 0.542. The zero-order chi connectivity index (χ0) is 17.2. The van der Waals surface area contributed by atoms with E-state index in [2.05, 4.69) is 15.3 Å². The smallest absolute Gasteiger partial charge is 0.138 e. The Hall–Kier alpha value is -2.27. The van der Waals surface area contributed by atoms with Crippen LogP contribution in [0.2, 0.25) is 0 Å². The second-order valence-corrected chi connectivity index (χ2v) is 6.79. The summed E-state index contributed by atoms with van der Waals surface area (Å²) in [6, 6.07) is 5.66. The van der Waals surface area contributed by atoms with Crippen LogP contribution in [0.25, 0.3) is 22.2 Å². The molecule has 3 heterocycles. The number of H-pyrrole nitrogens is 1. The quantitative estimate of drug-likeness (QED) is 0.736. The molecule has 5 heteroatoms. The fourth-order valence-electron chi connectivity index (χ4n) is 3.80. The Morgan fingerprint density at radius 2 is 1.84 bits per heavy atom. The maximum atomic E-state index is 13.6. The maximum absolute atomic E-state index is 13.6. The molecule has 0 unspecified atom stereocenters. The van der Waals surface area contributed by atoms with Gasteiger partial charge in [-0.2, -0.15) is 0 Å². The van der Waals surface area contributed by atoms with Crippen molar-refractivity contribution in [3.8, 4) is 11.1 Å². The maximum Gasteiger partial charge on any atom is 0.138 e. The highest BCUT2D eigenvalue weighted by Gasteiger charge is 2.16. The van der Waals surface area contributed by atoms with Crippen molar-refractivity contribution in [2.75, 3.05) is 13.1 Å². The molecular formula is C20H21F2N3. The van der Waals surface area contributed by atoms with Gasteiger partial charge in [0.1, 0.15) is 17.3 Å². The molecular weight excluding hydrogens is 320 g/mol. The summed E-state index contributed by atoms with van der Waals surface area (Å²) in [6.45, 7) is 2.18. The molecule has 0 spiro atoms. The fourth-order valence-corrected chi connectivity index (χ4v) is 3.80. The molecule has 25 heavy (non-hydrogen) atoms. The van der Waals surface area contributed by atoms with Crippen LogP contribution in [0.15, 0.2) is 36.7 Å². The Balaban J connectivity index is 1.69. The van der Waals surface area contributed by atoms with Crippen LogP contribution in [0.3, 0.4) is 0 Å². The molecule has 2 N–H and O–H groups in total. The van der Waals surface area contributed by atoms with Crippen molar-refractivity contribution in [1.82, 2.24) is 15.3 Å². The standard InChI is InChI=1S/C20H21F2N3/c21-16-9-15(10-17(22)11-16)18-12-25-20-19(18)14(5-8-24-20)2-1-13-3-6-23-7-4-13/h5,8-13,23H,1-4,6-7H2,(H,24,25). The van der Waals surface area contributed by atoms with Gasteiger partial charge in [-0.3, -0.25) is 0 Å². The monoisotopic (exact) mass is 341 g/mol. The molecule has 0 saturated carbocycles. The molecule has 1 fully saturated rings. The zero-order valence-electron chi connectivity index (χ0n) is 14.0.